The number of imidazole rings is 2. The van der Waals surface area contributed by atoms with Crippen LogP contribution in [0.4, 0.5) is 0 Å². The summed E-state index contributed by atoms with van der Waals surface area (Å²) in [5.41, 5.74) is 0.833. The Bertz CT molecular complexity index is 699. The molecule has 0 saturated carbocycles. The van der Waals surface area contributed by atoms with Gasteiger partial charge in [-0.15, -0.1) is 11.3 Å². The van der Waals surface area contributed by atoms with Gasteiger partial charge in [0, 0.05) is 17.3 Å². The minimum absolute atomic E-state index is 0.346. The summed E-state index contributed by atoms with van der Waals surface area (Å²) in [6, 6.07) is 3.44. The van der Waals surface area contributed by atoms with E-state index in [0.29, 0.717) is 11.4 Å². The van der Waals surface area contributed by atoms with E-state index < -0.39 is 5.97 Å². The van der Waals surface area contributed by atoms with Gasteiger partial charge in [-0.05, 0) is 12.1 Å². The molecule has 0 aliphatic carbocycles. The van der Waals surface area contributed by atoms with Gasteiger partial charge < -0.3 is 14.7 Å². The molecule has 0 unspecified atom stereocenters. The minimum atomic E-state index is -0.893. The highest BCUT2D eigenvalue weighted by Crippen LogP contribution is 2.20. The zero-order chi connectivity index (χ0) is 13.2. The Morgan fingerprint density at radius 3 is 3.05 bits per heavy atom. The van der Waals surface area contributed by atoms with Crippen LogP contribution < -0.4 is 0 Å². The Labute approximate surface area is 112 Å². The predicted octanol–water partition coefficient (Wildman–Crippen LogP) is 2.08. The predicted molar refractivity (Wildman–Crippen MR) is 70.2 cm³/mol. The highest BCUT2D eigenvalue weighted by atomic mass is 32.1. The van der Waals surface area contributed by atoms with Crippen LogP contribution in [0, 0.1) is 0 Å². The lowest BCUT2D eigenvalue weighted by Gasteiger charge is -2.04. The lowest BCUT2D eigenvalue weighted by molar-refractivity contribution is 0.0702. The van der Waals surface area contributed by atoms with E-state index in [2.05, 4.69) is 15.0 Å². The van der Waals surface area contributed by atoms with E-state index in [4.69, 9.17) is 5.11 Å². The molecule has 0 atom stereocenters. The second-order valence-electron chi connectivity index (χ2n) is 3.92. The highest BCUT2D eigenvalue weighted by Gasteiger charge is 2.10. The first kappa shape index (κ1) is 11.7. The number of aromatic amines is 1. The van der Waals surface area contributed by atoms with Gasteiger partial charge in [0.05, 0.1) is 19.1 Å². The van der Waals surface area contributed by atoms with Crippen LogP contribution in [0.3, 0.4) is 0 Å². The van der Waals surface area contributed by atoms with Crippen LogP contribution in [0.15, 0.2) is 37.1 Å². The molecule has 0 aliphatic rings. The van der Waals surface area contributed by atoms with E-state index in [-0.39, 0.29) is 0 Å². The van der Waals surface area contributed by atoms with Crippen LogP contribution in [0.2, 0.25) is 0 Å². The first-order chi connectivity index (χ1) is 9.24. The summed E-state index contributed by atoms with van der Waals surface area (Å²) in [4.78, 5) is 23.4. The molecule has 0 aromatic carbocycles. The first-order valence-electron chi connectivity index (χ1n) is 5.56. The number of nitrogens with zero attached hydrogens (tertiary/aromatic N) is 3. The van der Waals surface area contributed by atoms with Gasteiger partial charge in [0.2, 0.25) is 0 Å². The second kappa shape index (κ2) is 4.69. The van der Waals surface area contributed by atoms with Crippen LogP contribution in [0.25, 0.3) is 11.5 Å². The van der Waals surface area contributed by atoms with E-state index >= 15 is 0 Å². The Balaban J connectivity index is 1.87. The first-order valence-corrected chi connectivity index (χ1v) is 6.37. The van der Waals surface area contributed by atoms with Gasteiger partial charge in [0.1, 0.15) is 10.6 Å². The molecule has 3 heterocycles. The molecule has 7 heteroatoms. The maximum atomic E-state index is 10.8. The summed E-state index contributed by atoms with van der Waals surface area (Å²) in [7, 11) is 0. The second-order valence-corrected chi connectivity index (χ2v) is 5.08. The number of hydrogen-bond acceptors (Lipinski definition) is 4. The van der Waals surface area contributed by atoms with Crippen molar-refractivity contribution in [3.63, 3.8) is 0 Å². The molecule has 2 N–H and O–H groups in total. The average molecular weight is 274 g/mol. The number of carbonyl (C=O) groups is 1. The third kappa shape index (κ3) is 2.27. The molecule has 0 spiro atoms. The van der Waals surface area contributed by atoms with Crippen LogP contribution in [0.1, 0.15) is 14.5 Å². The normalized spacial score (nSPS) is 10.7. The number of aromatic carboxylic acids is 1. The summed E-state index contributed by atoms with van der Waals surface area (Å²) < 4.78 is 1.95. The molecule has 19 heavy (non-hydrogen) atoms. The van der Waals surface area contributed by atoms with Gasteiger partial charge in [-0.3, -0.25) is 0 Å². The van der Waals surface area contributed by atoms with Crippen molar-refractivity contribution in [2.75, 3.05) is 0 Å². The molecule has 0 bridgehead atoms. The number of carboxylic acid groups (broad SMARTS) is 1. The maximum absolute atomic E-state index is 10.8. The SMILES string of the molecule is O=C(O)c1ccc(Cn2ccnc2-c2cnc[nH]2)s1. The quantitative estimate of drug-likeness (QED) is 0.763. The number of thiophene rings is 1. The highest BCUT2D eigenvalue weighted by molar-refractivity contribution is 7.13. The van der Waals surface area contributed by atoms with Crippen LogP contribution in [-0.4, -0.2) is 30.6 Å². The van der Waals surface area contributed by atoms with Crippen molar-refractivity contribution >= 4 is 17.3 Å². The largest absolute Gasteiger partial charge is 0.477 e. The molecule has 3 rings (SSSR count). The summed E-state index contributed by atoms with van der Waals surface area (Å²) in [5, 5.41) is 8.91. The van der Waals surface area contributed by atoms with E-state index in [1.54, 1.807) is 24.8 Å². The summed E-state index contributed by atoms with van der Waals surface area (Å²) in [6.45, 7) is 0.590. The number of carboxylic acids is 1. The van der Waals surface area contributed by atoms with Gasteiger partial charge in [0.15, 0.2) is 5.82 Å². The number of nitrogens with one attached hydrogen (secondary N) is 1. The zero-order valence-electron chi connectivity index (χ0n) is 9.78. The van der Waals surface area contributed by atoms with Crippen molar-refractivity contribution in [1.29, 1.82) is 0 Å². The van der Waals surface area contributed by atoms with E-state index in [1.165, 1.54) is 11.3 Å². The lowest BCUT2D eigenvalue weighted by atomic mass is 10.4. The zero-order valence-corrected chi connectivity index (χ0v) is 10.6. The Kier molecular flexibility index (Phi) is 2.88. The standard InChI is InChI=1S/C12H10N4O2S/c17-12(18)10-2-1-8(19-10)6-16-4-3-14-11(16)9-5-13-7-15-9/h1-5,7H,6H2,(H,13,15)(H,17,18). The smallest absolute Gasteiger partial charge is 0.345 e. The van der Waals surface area contributed by atoms with Crippen molar-refractivity contribution in [3.8, 4) is 11.5 Å². The van der Waals surface area contributed by atoms with E-state index in [1.807, 2.05) is 16.8 Å². The molecule has 6 nitrogen and oxygen atoms in total. The molecule has 0 aliphatic heterocycles. The molecular formula is C12H10N4O2S. The Morgan fingerprint density at radius 2 is 2.37 bits per heavy atom. The maximum Gasteiger partial charge on any atom is 0.345 e. The van der Waals surface area contributed by atoms with Crippen molar-refractivity contribution < 1.29 is 9.90 Å². The van der Waals surface area contributed by atoms with Gasteiger partial charge in [-0.25, -0.2) is 14.8 Å². The average Bonchev–Trinajstić information content (AvgIpc) is 3.09. The molecule has 96 valence electrons. The Morgan fingerprint density at radius 1 is 1.47 bits per heavy atom. The lowest BCUT2D eigenvalue weighted by Crippen LogP contribution is -1.99. The van der Waals surface area contributed by atoms with Crippen molar-refractivity contribution in [2.45, 2.75) is 6.54 Å². The van der Waals surface area contributed by atoms with Crippen molar-refractivity contribution in [2.24, 2.45) is 0 Å². The van der Waals surface area contributed by atoms with Crippen molar-refractivity contribution in [1.82, 2.24) is 19.5 Å². The van der Waals surface area contributed by atoms with Gasteiger partial charge in [-0.2, -0.15) is 0 Å². The third-order valence-corrected chi connectivity index (χ3v) is 3.71. The van der Waals surface area contributed by atoms with Gasteiger partial charge in [-0.1, -0.05) is 0 Å². The molecule has 0 saturated heterocycles. The fraction of sp³-hybridized carbons (Fsp3) is 0.0833. The molecular weight excluding hydrogens is 264 g/mol. The monoisotopic (exact) mass is 274 g/mol. The topological polar surface area (TPSA) is 83.8 Å². The van der Waals surface area contributed by atoms with E-state index in [9.17, 15) is 4.79 Å². The molecule has 3 aromatic heterocycles. The third-order valence-electron chi connectivity index (χ3n) is 2.65. The number of H-pyrrole nitrogens is 1. The minimum Gasteiger partial charge on any atom is -0.477 e. The fourth-order valence-corrected chi connectivity index (χ4v) is 2.65. The molecule has 0 fully saturated rings. The van der Waals surface area contributed by atoms with Crippen LogP contribution >= 0.6 is 11.3 Å². The molecule has 3 aromatic rings. The summed E-state index contributed by atoms with van der Waals surface area (Å²) in [6.07, 6.45) is 6.87. The number of hydrogen-bond donors (Lipinski definition) is 2. The van der Waals surface area contributed by atoms with Gasteiger partial charge in [0.25, 0.3) is 0 Å². The summed E-state index contributed by atoms with van der Waals surface area (Å²) >= 11 is 1.27. The van der Waals surface area contributed by atoms with Gasteiger partial charge >= 0.3 is 5.97 Å². The molecule has 0 amide bonds. The fourth-order valence-electron chi connectivity index (χ4n) is 1.80. The number of aromatic nitrogens is 4. The molecule has 0 radical (unpaired) electrons. The number of rotatable bonds is 4. The Hall–Kier alpha value is -2.41. The van der Waals surface area contributed by atoms with Crippen LogP contribution in [0.5, 0.6) is 0 Å². The van der Waals surface area contributed by atoms with E-state index in [0.717, 1.165) is 16.4 Å². The van der Waals surface area contributed by atoms with Crippen LogP contribution in [-0.2, 0) is 6.54 Å². The van der Waals surface area contributed by atoms with Crippen molar-refractivity contribution in [3.05, 3.63) is 46.8 Å². The summed E-state index contributed by atoms with van der Waals surface area (Å²) in [5.74, 6) is -0.113.